The third-order valence-electron chi connectivity index (χ3n) is 9.54. The summed E-state index contributed by atoms with van der Waals surface area (Å²) < 4.78 is 0. The molecule has 3 atom stereocenters. The van der Waals surface area contributed by atoms with E-state index in [9.17, 15) is 0 Å². The van der Waals surface area contributed by atoms with Crippen molar-refractivity contribution in [2.75, 3.05) is 13.6 Å². The summed E-state index contributed by atoms with van der Waals surface area (Å²) in [5, 5.41) is 0. The van der Waals surface area contributed by atoms with E-state index in [4.69, 9.17) is 0 Å². The first-order valence-electron chi connectivity index (χ1n) is 17.5. The predicted octanol–water partition coefficient (Wildman–Crippen LogP) is 12.3. The molecule has 1 aliphatic rings. The van der Waals surface area contributed by atoms with Crippen LogP contribution in [-0.4, -0.2) is 24.5 Å². The highest BCUT2D eigenvalue weighted by Crippen LogP contribution is 2.27. The molecule has 1 nitrogen and oxygen atoms in total. The van der Waals surface area contributed by atoms with Crippen LogP contribution in [0.25, 0.3) is 0 Å². The molecule has 0 aliphatic heterocycles. The maximum absolute atomic E-state index is 2.68. The average Bonchev–Trinajstić information content (AvgIpc) is 2.92. The van der Waals surface area contributed by atoms with Crippen molar-refractivity contribution in [1.29, 1.82) is 0 Å². The molecule has 0 aromatic carbocycles. The molecule has 1 aliphatic carbocycles. The monoisotopic (exact) mass is 518 g/mol. The lowest BCUT2D eigenvalue weighted by atomic mass is 9.83. The summed E-state index contributed by atoms with van der Waals surface area (Å²) in [7, 11) is 2.39. The molecule has 0 amide bonds. The van der Waals surface area contributed by atoms with Crippen LogP contribution in [0.3, 0.4) is 0 Å². The van der Waals surface area contributed by atoms with Crippen molar-refractivity contribution in [3.05, 3.63) is 12.2 Å². The zero-order valence-corrected chi connectivity index (χ0v) is 26.4. The van der Waals surface area contributed by atoms with Gasteiger partial charge in [-0.3, -0.25) is 0 Å². The molecule has 3 unspecified atom stereocenters. The van der Waals surface area contributed by atoms with E-state index in [0.717, 1.165) is 11.8 Å². The van der Waals surface area contributed by atoms with Crippen molar-refractivity contribution in [2.45, 2.75) is 194 Å². The van der Waals surface area contributed by atoms with Crippen molar-refractivity contribution in [3.8, 4) is 0 Å². The Balaban J connectivity index is 2.17. The van der Waals surface area contributed by atoms with Gasteiger partial charge in [0, 0.05) is 6.04 Å². The maximum Gasteiger partial charge on any atom is 0.00951 e. The summed E-state index contributed by atoms with van der Waals surface area (Å²) in [4.78, 5) is 2.68. The minimum Gasteiger partial charge on any atom is -0.303 e. The zero-order chi connectivity index (χ0) is 26.8. The van der Waals surface area contributed by atoms with Gasteiger partial charge in [-0.1, -0.05) is 167 Å². The fourth-order valence-electron chi connectivity index (χ4n) is 6.38. The van der Waals surface area contributed by atoms with E-state index in [2.05, 4.69) is 44.9 Å². The van der Waals surface area contributed by atoms with Gasteiger partial charge in [0.05, 0.1) is 0 Å². The number of allylic oxidation sites excluding steroid dienone is 2. The van der Waals surface area contributed by atoms with Crippen LogP contribution in [-0.2, 0) is 0 Å². The third kappa shape index (κ3) is 20.3. The molecular formula is C36H71N. The van der Waals surface area contributed by atoms with Gasteiger partial charge in [-0.15, -0.1) is 0 Å². The van der Waals surface area contributed by atoms with E-state index in [1.54, 1.807) is 0 Å². The van der Waals surface area contributed by atoms with Gasteiger partial charge in [-0.2, -0.15) is 0 Å². The second-order valence-electron chi connectivity index (χ2n) is 12.9. The zero-order valence-electron chi connectivity index (χ0n) is 26.4. The van der Waals surface area contributed by atoms with Crippen LogP contribution in [0.1, 0.15) is 188 Å². The largest absolute Gasteiger partial charge is 0.303 e. The molecule has 0 aromatic rings. The van der Waals surface area contributed by atoms with Crippen molar-refractivity contribution >= 4 is 0 Å². The predicted molar refractivity (Wildman–Crippen MR) is 170 cm³/mol. The van der Waals surface area contributed by atoms with Gasteiger partial charge < -0.3 is 4.90 Å². The molecule has 0 N–H and O–H groups in total. The lowest BCUT2D eigenvalue weighted by molar-refractivity contribution is 0.163. The van der Waals surface area contributed by atoms with Gasteiger partial charge in [-0.05, 0) is 58.0 Å². The Morgan fingerprint density at radius 3 is 1.54 bits per heavy atom. The first-order valence-corrected chi connectivity index (χ1v) is 17.5. The van der Waals surface area contributed by atoms with Crippen molar-refractivity contribution in [3.63, 3.8) is 0 Å². The van der Waals surface area contributed by atoms with Gasteiger partial charge >= 0.3 is 0 Å². The number of unbranched alkanes of at least 4 members (excludes halogenated alkanes) is 13. The van der Waals surface area contributed by atoms with Gasteiger partial charge in [0.1, 0.15) is 0 Å². The molecule has 0 heterocycles. The van der Waals surface area contributed by atoms with Crippen molar-refractivity contribution in [2.24, 2.45) is 11.8 Å². The van der Waals surface area contributed by atoms with E-state index in [1.807, 2.05) is 0 Å². The second kappa shape index (κ2) is 26.0. The molecule has 1 rings (SSSR count). The van der Waals surface area contributed by atoms with Gasteiger partial charge in [0.15, 0.2) is 0 Å². The first kappa shape index (κ1) is 34.7. The second-order valence-corrected chi connectivity index (χ2v) is 12.9. The fourth-order valence-corrected chi connectivity index (χ4v) is 6.38. The van der Waals surface area contributed by atoms with E-state index in [-0.39, 0.29) is 0 Å². The highest BCUT2D eigenvalue weighted by atomic mass is 15.1. The summed E-state index contributed by atoms with van der Waals surface area (Å²) in [5.41, 5.74) is 0. The number of hydrogen-bond acceptors (Lipinski definition) is 1. The Morgan fingerprint density at radius 2 is 1.03 bits per heavy atom. The number of hydrogen-bond donors (Lipinski definition) is 0. The lowest BCUT2D eigenvalue weighted by Gasteiger charge is -2.34. The Morgan fingerprint density at radius 1 is 0.595 bits per heavy atom. The number of nitrogens with zero attached hydrogens (tertiary/aromatic N) is 1. The fraction of sp³-hybridized carbons (Fsp3) is 0.944. The summed E-state index contributed by atoms with van der Waals surface area (Å²) in [6, 6.07) is 0.679. The minimum atomic E-state index is 0.679. The SMILES string of the molecule is CCCCCCCCCCCCCCCCN(C)C(C)C(C)C1/C=C\CCCCCCCCCCCC1. The van der Waals surface area contributed by atoms with Crippen molar-refractivity contribution < 1.29 is 0 Å². The molecular weight excluding hydrogens is 446 g/mol. The molecule has 0 fully saturated rings. The maximum atomic E-state index is 2.68. The standard InChI is InChI=1S/C36H71N/c1-5-6-7-8-9-10-11-12-15-18-21-24-27-30-33-37(4)35(3)34(2)36-31-28-25-22-19-16-13-14-17-20-23-26-29-32-36/h28,31,34-36H,5-27,29-30,32-33H2,1-4H3/b31-28-. The van der Waals surface area contributed by atoms with Crippen LogP contribution in [0, 0.1) is 11.8 Å². The smallest absolute Gasteiger partial charge is 0.00951 e. The van der Waals surface area contributed by atoms with Gasteiger partial charge in [-0.25, -0.2) is 0 Å². The normalized spacial score (nSPS) is 21.3. The average molecular weight is 518 g/mol. The van der Waals surface area contributed by atoms with Crippen molar-refractivity contribution in [1.82, 2.24) is 4.90 Å². The lowest BCUT2D eigenvalue weighted by Crippen LogP contribution is -2.38. The quantitative estimate of drug-likeness (QED) is 0.129. The first-order chi connectivity index (χ1) is 18.2. The van der Waals surface area contributed by atoms with Gasteiger partial charge in [0.2, 0.25) is 0 Å². The van der Waals surface area contributed by atoms with E-state index in [1.165, 1.54) is 173 Å². The molecule has 0 saturated carbocycles. The summed E-state index contributed by atoms with van der Waals surface area (Å²) in [5.74, 6) is 1.52. The summed E-state index contributed by atoms with van der Waals surface area (Å²) in [6.07, 6.45) is 42.6. The third-order valence-corrected chi connectivity index (χ3v) is 9.54. The van der Waals surface area contributed by atoms with Crippen LogP contribution >= 0.6 is 0 Å². The molecule has 220 valence electrons. The number of rotatable bonds is 18. The summed E-state index contributed by atoms with van der Waals surface area (Å²) >= 11 is 0. The molecule has 0 radical (unpaired) electrons. The Kier molecular flexibility index (Phi) is 24.4. The van der Waals surface area contributed by atoms with Crippen LogP contribution in [0.5, 0.6) is 0 Å². The summed E-state index contributed by atoms with van der Waals surface area (Å²) in [6.45, 7) is 8.62. The van der Waals surface area contributed by atoms with Gasteiger partial charge in [0.25, 0.3) is 0 Å². The van der Waals surface area contributed by atoms with E-state index in [0.29, 0.717) is 6.04 Å². The molecule has 37 heavy (non-hydrogen) atoms. The highest BCUT2D eigenvalue weighted by molar-refractivity contribution is 4.93. The van der Waals surface area contributed by atoms with E-state index < -0.39 is 0 Å². The highest BCUT2D eigenvalue weighted by Gasteiger charge is 2.23. The molecule has 0 spiro atoms. The molecule has 0 bridgehead atoms. The molecule has 0 aromatic heterocycles. The van der Waals surface area contributed by atoms with E-state index >= 15 is 0 Å². The van der Waals surface area contributed by atoms with Crippen LogP contribution in [0.2, 0.25) is 0 Å². The Labute approximate surface area is 236 Å². The Hall–Kier alpha value is -0.300. The molecule has 1 heteroatoms. The minimum absolute atomic E-state index is 0.679. The Bertz CT molecular complexity index is 483. The van der Waals surface area contributed by atoms with Crippen LogP contribution < -0.4 is 0 Å². The van der Waals surface area contributed by atoms with Crippen LogP contribution in [0.4, 0.5) is 0 Å². The molecule has 0 saturated heterocycles. The topological polar surface area (TPSA) is 3.24 Å². The van der Waals surface area contributed by atoms with Crippen LogP contribution in [0.15, 0.2) is 12.2 Å².